The molecule has 0 radical (unpaired) electrons. The van der Waals surface area contributed by atoms with Crippen molar-refractivity contribution in [2.24, 2.45) is 0 Å². The van der Waals surface area contributed by atoms with Gasteiger partial charge in [-0.05, 0) is 85.4 Å². The first-order valence-corrected chi connectivity index (χ1v) is 14.6. The predicted molar refractivity (Wildman–Crippen MR) is 180 cm³/mol. The summed E-state index contributed by atoms with van der Waals surface area (Å²) in [4.78, 5) is 10.2. The topological polar surface area (TPSA) is 25.8 Å². The minimum Gasteiger partial charge on any atom is -0.228 e. The Balaban J connectivity index is 1.75. The van der Waals surface area contributed by atoms with Crippen molar-refractivity contribution in [2.75, 3.05) is 0 Å². The zero-order valence-corrected chi connectivity index (χ0v) is 25.1. The van der Waals surface area contributed by atoms with Crippen LogP contribution in [0.1, 0.15) is 46.4 Å². The van der Waals surface area contributed by atoms with Crippen molar-refractivity contribution in [3.05, 3.63) is 161 Å². The van der Waals surface area contributed by atoms with Crippen LogP contribution < -0.4 is 10.4 Å². The molecule has 0 fully saturated rings. The van der Waals surface area contributed by atoms with E-state index >= 15 is 0 Å². The number of fused-ring (bicyclic) bond motifs is 1. The second-order valence-corrected chi connectivity index (χ2v) is 10.7. The number of allylic oxidation sites excluding steroid dienone is 9. The van der Waals surface area contributed by atoms with Gasteiger partial charge in [-0.15, -0.1) is 0 Å². The maximum absolute atomic E-state index is 5.09. The molecule has 0 N–H and O–H groups in total. The molecule has 0 saturated carbocycles. The minimum absolute atomic E-state index is 0.673. The fourth-order valence-electron chi connectivity index (χ4n) is 5.45. The summed E-state index contributed by atoms with van der Waals surface area (Å²) in [5, 5.41) is 2.44. The van der Waals surface area contributed by atoms with E-state index in [9.17, 15) is 0 Å². The summed E-state index contributed by atoms with van der Waals surface area (Å²) < 4.78 is 0. The van der Waals surface area contributed by atoms with E-state index in [0.29, 0.717) is 5.82 Å². The highest BCUT2D eigenvalue weighted by molar-refractivity contribution is 5.86. The molecule has 42 heavy (non-hydrogen) atoms. The third kappa shape index (κ3) is 6.39. The molecule has 4 aromatic rings. The van der Waals surface area contributed by atoms with Gasteiger partial charge in [0.1, 0.15) is 0 Å². The minimum atomic E-state index is 0.673. The summed E-state index contributed by atoms with van der Waals surface area (Å²) >= 11 is 0. The molecule has 1 aliphatic carbocycles. The van der Waals surface area contributed by atoms with E-state index in [2.05, 4.69) is 106 Å². The molecule has 1 aromatic heterocycles. The first kappa shape index (κ1) is 28.7. The molecule has 0 saturated heterocycles. The summed E-state index contributed by atoms with van der Waals surface area (Å²) in [5.74, 6) is 0.673. The van der Waals surface area contributed by atoms with Crippen LogP contribution in [0.4, 0.5) is 0 Å². The molecule has 3 aromatic carbocycles. The quantitative estimate of drug-likeness (QED) is 0.226. The SMILES string of the molecule is C=C(/C=C(\C=C/C)c1nc(-c2ccccc2)cc(-c2ccccc2)n1)C1=c2\cccc\c2=C(C)\C(C)=C\CC\C=C\1C. The van der Waals surface area contributed by atoms with Gasteiger partial charge < -0.3 is 0 Å². The molecule has 1 aliphatic rings. The van der Waals surface area contributed by atoms with Gasteiger partial charge in [0, 0.05) is 16.7 Å². The lowest BCUT2D eigenvalue weighted by atomic mass is 9.91. The highest BCUT2D eigenvalue weighted by Gasteiger charge is 2.14. The Morgan fingerprint density at radius 2 is 1.21 bits per heavy atom. The van der Waals surface area contributed by atoms with Crippen molar-refractivity contribution in [1.29, 1.82) is 0 Å². The van der Waals surface area contributed by atoms with Crippen LogP contribution in [0, 0.1) is 0 Å². The predicted octanol–water partition coefficient (Wildman–Crippen LogP) is 9.03. The number of aromatic nitrogens is 2. The van der Waals surface area contributed by atoms with Crippen LogP contribution in [0.25, 0.3) is 39.2 Å². The molecular formula is C40H38N2. The van der Waals surface area contributed by atoms with Gasteiger partial charge in [-0.2, -0.15) is 0 Å². The monoisotopic (exact) mass is 546 g/mol. The molecule has 1 heterocycles. The van der Waals surface area contributed by atoms with E-state index in [4.69, 9.17) is 9.97 Å². The van der Waals surface area contributed by atoms with Gasteiger partial charge in [0.15, 0.2) is 5.82 Å². The maximum atomic E-state index is 5.09. The molecule has 0 aliphatic heterocycles. The highest BCUT2D eigenvalue weighted by atomic mass is 14.9. The summed E-state index contributed by atoms with van der Waals surface area (Å²) in [6.45, 7) is 13.3. The number of hydrogen-bond acceptors (Lipinski definition) is 2. The number of rotatable bonds is 6. The van der Waals surface area contributed by atoms with Gasteiger partial charge in [-0.25, -0.2) is 9.97 Å². The first-order valence-electron chi connectivity index (χ1n) is 14.6. The fraction of sp³-hybridized carbons (Fsp3) is 0.150. The smallest absolute Gasteiger partial charge is 0.160 e. The molecule has 0 spiro atoms. The van der Waals surface area contributed by atoms with E-state index in [1.54, 1.807) is 0 Å². The lowest BCUT2D eigenvalue weighted by Gasteiger charge is -2.14. The standard InChI is InChI=1S/C40H38N2/c1-6-17-34(40-41-37(32-20-9-7-10-21-32)27-38(42-40)33-22-11-8-12-23-33)26-30(4)39-29(3)19-14-13-18-28(2)31(5)35-24-15-16-25-36(35)39/h6-12,15-27H,4,13-14H2,1-3,5H3/b17-6-,28-18+,29-19+,34-26+,35-31-,39-36+. The third-order valence-electron chi connectivity index (χ3n) is 7.77. The van der Waals surface area contributed by atoms with E-state index in [-0.39, 0.29) is 0 Å². The first-order chi connectivity index (χ1) is 20.5. The Morgan fingerprint density at radius 1 is 0.690 bits per heavy atom. The average molecular weight is 547 g/mol. The Kier molecular flexibility index (Phi) is 9.04. The van der Waals surface area contributed by atoms with Gasteiger partial charge in [0.25, 0.3) is 0 Å². The lowest BCUT2D eigenvalue weighted by Crippen LogP contribution is -2.29. The molecule has 5 rings (SSSR count). The summed E-state index contributed by atoms with van der Waals surface area (Å²) in [6, 6.07) is 31.4. The van der Waals surface area contributed by atoms with E-state index in [1.807, 2.05) is 49.4 Å². The van der Waals surface area contributed by atoms with Crippen LogP contribution >= 0.6 is 0 Å². The summed E-state index contributed by atoms with van der Waals surface area (Å²) in [6.07, 6.45) is 13.0. The molecule has 208 valence electrons. The van der Waals surface area contributed by atoms with Gasteiger partial charge in [0.2, 0.25) is 0 Å². The maximum Gasteiger partial charge on any atom is 0.160 e. The van der Waals surface area contributed by atoms with Crippen LogP contribution in [0.3, 0.4) is 0 Å². The van der Waals surface area contributed by atoms with E-state index in [0.717, 1.165) is 52.1 Å². The van der Waals surface area contributed by atoms with Crippen molar-refractivity contribution in [1.82, 2.24) is 9.97 Å². The third-order valence-corrected chi connectivity index (χ3v) is 7.77. The van der Waals surface area contributed by atoms with Crippen molar-refractivity contribution >= 4 is 16.7 Å². The summed E-state index contributed by atoms with van der Waals surface area (Å²) in [5.41, 5.74) is 10.8. The van der Waals surface area contributed by atoms with Crippen LogP contribution in [-0.2, 0) is 0 Å². The van der Waals surface area contributed by atoms with Crippen molar-refractivity contribution < 1.29 is 0 Å². The second-order valence-electron chi connectivity index (χ2n) is 10.7. The Morgan fingerprint density at radius 3 is 1.79 bits per heavy atom. The van der Waals surface area contributed by atoms with Crippen LogP contribution in [-0.4, -0.2) is 9.97 Å². The largest absolute Gasteiger partial charge is 0.228 e. The van der Waals surface area contributed by atoms with Gasteiger partial charge >= 0.3 is 0 Å². The Hall–Kier alpha value is -4.82. The lowest BCUT2D eigenvalue weighted by molar-refractivity contribution is 1.03. The van der Waals surface area contributed by atoms with E-state index in [1.165, 1.54) is 27.2 Å². The molecular weight excluding hydrogens is 508 g/mol. The molecule has 2 nitrogen and oxygen atoms in total. The number of benzene rings is 3. The second kappa shape index (κ2) is 13.2. The Labute approximate surface area is 250 Å². The van der Waals surface area contributed by atoms with Crippen molar-refractivity contribution in [3.8, 4) is 22.5 Å². The molecule has 0 atom stereocenters. The van der Waals surface area contributed by atoms with Crippen LogP contribution in [0.5, 0.6) is 0 Å². The van der Waals surface area contributed by atoms with Gasteiger partial charge in [-0.3, -0.25) is 0 Å². The van der Waals surface area contributed by atoms with Crippen molar-refractivity contribution in [2.45, 2.75) is 40.5 Å². The number of nitrogens with zero attached hydrogens (tertiary/aromatic N) is 2. The summed E-state index contributed by atoms with van der Waals surface area (Å²) in [7, 11) is 0. The Bertz CT molecular complexity index is 1790. The van der Waals surface area contributed by atoms with Crippen molar-refractivity contribution in [3.63, 3.8) is 0 Å². The molecule has 0 unspecified atom stereocenters. The highest BCUT2D eigenvalue weighted by Crippen LogP contribution is 2.29. The molecule has 2 heteroatoms. The average Bonchev–Trinajstić information content (AvgIpc) is 3.03. The zero-order valence-electron chi connectivity index (χ0n) is 25.1. The molecule has 0 amide bonds. The molecule has 0 bridgehead atoms. The van der Waals surface area contributed by atoms with E-state index < -0.39 is 0 Å². The normalized spacial score (nSPS) is 19.4. The fourth-order valence-corrected chi connectivity index (χ4v) is 5.45. The van der Waals surface area contributed by atoms with Gasteiger partial charge in [0.05, 0.1) is 11.4 Å². The van der Waals surface area contributed by atoms with Gasteiger partial charge in [-0.1, -0.05) is 121 Å². The number of hydrogen-bond donors (Lipinski definition) is 0. The van der Waals surface area contributed by atoms with Crippen LogP contribution in [0.2, 0.25) is 0 Å². The zero-order chi connectivity index (χ0) is 29.5. The van der Waals surface area contributed by atoms with Crippen LogP contribution in [0.15, 0.2) is 145 Å².